The lowest BCUT2D eigenvalue weighted by Crippen LogP contribution is -2.30. The number of esters is 3. The molecule has 6 nitrogen and oxygen atoms in total. The number of hydrogen-bond acceptors (Lipinski definition) is 6. The average Bonchev–Trinajstić information content (AvgIpc) is 3.27. The van der Waals surface area contributed by atoms with Gasteiger partial charge in [0.1, 0.15) is 13.2 Å². The molecule has 0 fully saturated rings. The van der Waals surface area contributed by atoms with Crippen molar-refractivity contribution < 1.29 is 28.6 Å². The minimum Gasteiger partial charge on any atom is -0.462 e. The topological polar surface area (TPSA) is 78.9 Å². The molecule has 0 spiro atoms. The van der Waals surface area contributed by atoms with E-state index >= 15 is 0 Å². The Kier molecular flexibility index (Phi) is 48.6. The maximum absolute atomic E-state index is 12.8. The van der Waals surface area contributed by atoms with Crippen LogP contribution in [0.2, 0.25) is 0 Å². The van der Waals surface area contributed by atoms with Gasteiger partial charge in [-0.3, -0.25) is 14.4 Å². The summed E-state index contributed by atoms with van der Waals surface area (Å²) < 4.78 is 16.8. The van der Waals surface area contributed by atoms with E-state index in [1.165, 1.54) is 205 Å². The smallest absolute Gasteiger partial charge is 0.306 e. The summed E-state index contributed by atoms with van der Waals surface area (Å²) in [6, 6.07) is 0. The number of carbonyl (C=O) groups is 3. The molecule has 0 saturated heterocycles. The molecule has 0 aromatic rings. The molecule has 374 valence electrons. The van der Waals surface area contributed by atoms with Crippen molar-refractivity contribution in [3.63, 3.8) is 0 Å². The molecule has 0 amide bonds. The fraction of sp³-hybridized carbons (Fsp3) is 0.947. The Hall–Kier alpha value is -1.59. The van der Waals surface area contributed by atoms with Gasteiger partial charge in [-0.1, -0.05) is 279 Å². The third-order valence-electron chi connectivity index (χ3n) is 13.3. The third-order valence-corrected chi connectivity index (χ3v) is 13.3. The zero-order chi connectivity index (χ0) is 46.1. The lowest BCUT2D eigenvalue weighted by Gasteiger charge is -2.18. The molecule has 2 atom stereocenters. The number of unbranched alkanes of at least 4 members (excludes halogenated alkanes) is 35. The van der Waals surface area contributed by atoms with Crippen molar-refractivity contribution >= 4 is 17.9 Å². The predicted molar refractivity (Wildman–Crippen MR) is 270 cm³/mol. The maximum atomic E-state index is 12.8. The first-order valence-corrected chi connectivity index (χ1v) is 28.3. The van der Waals surface area contributed by atoms with Gasteiger partial charge < -0.3 is 14.2 Å². The summed E-state index contributed by atoms with van der Waals surface area (Å²) in [4.78, 5) is 38.0. The minimum atomic E-state index is -0.763. The van der Waals surface area contributed by atoms with E-state index in [9.17, 15) is 14.4 Å². The van der Waals surface area contributed by atoms with E-state index in [0.29, 0.717) is 19.3 Å². The molecule has 0 aliphatic rings. The molecule has 0 N–H and O–H groups in total. The Morgan fingerprint density at radius 3 is 0.905 bits per heavy atom. The fourth-order valence-electron chi connectivity index (χ4n) is 8.66. The zero-order valence-electron chi connectivity index (χ0n) is 43.2. The first-order chi connectivity index (χ1) is 30.8. The Morgan fingerprint density at radius 2 is 0.603 bits per heavy atom. The number of ether oxygens (including phenoxy) is 3. The van der Waals surface area contributed by atoms with Gasteiger partial charge in [-0.05, 0) is 31.1 Å². The van der Waals surface area contributed by atoms with Gasteiger partial charge in [0.15, 0.2) is 6.10 Å². The molecular weight excluding hydrogens is 781 g/mol. The van der Waals surface area contributed by atoms with Gasteiger partial charge in [0.05, 0.1) is 0 Å². The van der Waals surface area contributed by atoms with Crippen LogP contribution in [0, 0.1) is 11.8 Å². The van der Waals surface area contributed by atoms with Crippen LogP contribution in [0.5, 0.6) is 0 Å². The molecule has 0 aliphatic carbocycles. The Morgan fingerprint density at radius 1 is 0.333 bits per heavy atom. The predicted octanol–water partition coefficient (Wildman–Crippen LogP) is 18.5. The molecule has 6 heteroatoms. The Labute approximate surface area is 393 Å². The monoisotopic (exact) mass is 891 g/mol. The summed E-state index contributed by atoms with van der Waals surface area (Å²) >= 11 is 0. The van der Waals surface area contributed by atoms with Gasteiger partial charge in [-0.15, -0.1) is 0 Å². The van der Waals surface area contributed by atoms with Gasteiger partial charge in [0.2, 0.25) is 0 Å². The molecule has 0 heterocycles. The van der Waals surface area contributed by atoms with Crippen molar-refractivity contribution in [3.8, 4) is 0 Å². The van der Waals surface area contributed by atoms with Gasteiger partial charge in [-0.2, -0.15) is 0 Å². The van der Waals surface area contributed by atoms with Crippen LogP contribution in [0.1, 0.15) is 317 Å². The molecule has 0 rings (SSSR count). The summed E-state index contributed by atoms with van der Waals surface area (Å²) in [5.41, 5.74) is 0. The van der Waals surface area contributed by atoms with Crippen molar-refractivity contribution in [2.24, 2.45) is 11.8 Å². The highest BCUT2D eigenvalue weighted by atomic mass is 16.6. The summed E-state index contributed by atoms with van der Waals surface area (Å²) in [5.74, 6) is 0.828. The number of rotatable bonds is 51. The second kappa shape index (κ2) is 49.8. The average molecular weight is 892 g/mol. The minimum absolute atomic E-state index is 0.0638. The van der Waals surface area contributed by atoms with Crippen LogP contribution >= 0.6 is 0 Å². The van der Waals surface area contributed by atoms with Crippen LogP contribution in [0.3, 0.4) is 0 Å². The van der Waals surface area contributed by atoms with E-state index in [0.717, 1.165) is 69.6 Å². The summed E-state index contributed by atoms with van der Waals surface area (Å²) in [5, 5.41) is 0. The van der Waals surface area contributed by atoms with Crippen molar-refractivity contribution in [3.05, 3.63) is 0 Å². The summed E-state index contributed by atoms with van der Waals surface area (Å²) in [7, 11) is 0. The van der Waals surface area contributed by atoms with E-state index in [4.69, 9.17) is 14.2 Å². The lowest BCUT2D eigenvalue weighted by atomic mass is 9.99. The van der Waals surface area contributed by atoms with Crippen molar-refractivity contribution in [2.75, 3.05) is 13.2 Å². The van der Waals surface area contributed by atoms with Crippen molar-refractivity contribution in [1.82, 2.24) is 0 Å². The van der Waals surface area contributed by atoms with Crippen molar-refractivity contribution in [2.45, 2.75) is 323 Å². The molecule has 0 bridgehead atoms. The van der Waals surface area contributed by atoms with E-state index in [-0.39, 0.29) is 31.1 Å². The van der Waals surface area contributed by atoms with Crippen LogP contribution in [-0.4, -0.2) is 37.2 Å². The quantitative estimate of drug-likeness (QED) is 0.0344. The summed E-state index contributed by atoms with van der Waals surface area (Å²) in [6.07, 6.45) is 52.4. The van der Waals surface area contributed by atoms with Crippen LogP contribution in [0.4, 0.5) is 0 Å². The highest BCUT2D eigenvalue weighted by molar-refractivity contribution is 5.71. The third kappa shape index (κ3) is 49.7. The zero-order valence-corrected chi connectivity index (χ0v) is 43.2. The molecule has 1 unspecified atom stereocenters. The van der Waals surface area contributed by atoms with E-state index < -0.39 is 6.10 Å². The molecule has 63 heavy (non-hydrogen) atoms. The molecular formula is C57H110O6. The van der Waals surface area contributed by atoms with Gasteiger partial charge >= 0.3 is 17.9 Å². The van der Waals surface area contributed by atoms with Crippen LogP contribution in [-0.2, 0) is 28.6 Å². The second-order valence-corrected chi connectivity index (χ2v) is 20.3. The fourth-order valence-corrected chi connectivity index (χ4v) is 8.66. The largest absolute Gasteiger partial charge is 0.462 e. The molecule has 0 aliphatic heterocycles. The molecule has 0 radical (unpaired) electrons. The lowest BCUT2D eigenvalue weighted by molar-refractivity contribution is -0.167. The van der Waals surface area contributed by atoms with E-state index in [1.807, 2.05) is 0 Å². The van der Waals surface area contributed by atoms with E-state index in [2.05, 4.69) is 34.6 Å². The highest BCUT2D eigenvalue weighted by Gasteiger charge is 2.19. The number of hydrogen-bond donors (Lipinski definition) is 0. The SMILES string of the molecule is CCCCCCCCCCCCCCCCCCCC(=O)OC[C@H](COC(=O)CCCCCCCCCCCCCCCCC(C)CC)OC(=O)CCCCCCCCCC(C)C. The van der Waals surface area contributed by atoms with Crippen LogP contribution in [0.15, 0.2) is 0 Å². The molecule has 0 aromatic heterocycles. The maximum Gasteiger partial charge on any atom is 0.306 e. The van der Waals surface area contributed by atoms with Gasteiger partial charge in [0, 0.05) is 19.3 Å². The normalized spacial score (nSPS) is 12.5. The van der Waals surface area contributed by atoms with Crippen LogP contribution in [0.25, 0.3) is 0 Å². The first-order valence-electron chi connectivity index (χ1n) is 28.3. The van der Waals surface area contributed by atoms with Gasteiger partial charge in [0.25, 0.3) is 0 Å². The second-order valence-electron chi connectivity index (χ2n) is 20.3. The Balaban J connectivity index is 4.23. The van der Waals surface area contributed by atoms with Gasteiger partial charge in [-0.25, -0.2) is 0 Å². The van der Waals surface area contributed by atoms with E-state index in [1.54, 1.807) is 0 Å². The highest BCUT2D eigenvalue weighted by Crippen LogP contribution is 2.18. The molecule has 0 saturated carbocycles. The summed E-state index contributed by atoms with van der Waals surface area (Å²) in [6.45, 7) is 11.4. The number of carbonyl (C=O) groups excluding carboxylic acids is 3. The Bertz CT molecular complexity index is 964. The first kappa shape index (κ1) is 61.4. The van der Waals surface area contributed by atoms with Crippen molar-refractivity contribution in [1.29, 1.82) is 0 Å². The standard InChI is InChI=1S/C57H110O6/c1-6-8-9-10-11-12-13-14-15-16-17-21-24-27-32-37-42-47-55(58)61-50-54(63-57(60)49-44-39-34-29-30-35-40-45-52(3)4)51-62-56(59)48-43-38-33-28-25-22-19-18-20-23-26-31-36-41-46-53(5)7-2/h52-54H,6-51H2,1-5H3/t53?,54-/m1/s1. The van der Waals surface area contributed by atoms with Crippen LogP contribution < -0.4 is 0 Å². The molecule has 0 aromatic carbocycles.